The molecule has 1 aliphatic carbocycles. The molecule has 2 saturated heterocycles. The molecule has 3 N–H and O–H groups in total. The van der Waals surface area contributed by atoms with Gasteiger partial charge in [0.1, 0.15) is 0 Å². The predicted octanol–water partition coefficient (Wildman–Crippen LogP) is 0.0915. The smallest absolute Gasteiger partial charge is 0.237 e. The van der Waals surface area contributed by atoms with Crippen LogP contribution >= 0.6 is 0 Å². The Morgan fingerprint density at radius 1 is 1.30 bits per heavy atom. The van der Waals surface area contributed by atoms with Crippen molar-refractivity contribution in [3.63, 3.8) is 0 Å². The molecule has 0 radical (unpaired) electrons. The van der Waals surface area contributed by atoms with E-state index in [1.165, 1.54) is 0 Å². The molecule has 3 fully saturated rings. The molecule has 1 atom stereocenters. The van der Waals surface area contributed by atoms with Gasteiger partial charge in [-0.1, -0.05) is 0 Å². The van der Waals surface area contributed by atoms with Gasteiger partial charge in [-0.15, -0.1) is 0 Å². The number of hydrogen-bond acceptors (Lipinski definition) is 4. The van der Waals surface area contributed by atoms with Crippen molar-refractivity contribution < 1.29 is 9.90 Å². The molecule has 0 bridgehead atoms. The Morgan fingerprint density at radius 2 is 2.05 bits per heavy atom. The molecule has 1 saturated carbocycles. The van der Waals surface area contributed by atoms with Crippen LogP contribution in [0.25, 0.3) is 0 Å². The third-order valence-electron chi connectivity index (χ3n) is 5.30. The predicted molar refractivity (Wildman–Crippen MR) is 77.4 cm³/mol. The lowest BCUT2D eigenvalue weighted by molar-refractivity contribution is -0.126. The maximum atomic E-state index is 12.4. The minimum Gasteiger partial charge on any atom is -0.396 e. The molecule has 1 unspecified atom stereocenters. The van der Waals surface area contributed by atoms with Gasteiger partial charge in [0, 0.05) is 18.0 Å². The van der Waals surface area contributed by atoms with E-state index in [4.69, 9.17) is 0 Å². The van der Waals surface area contributed by atoms with Gasteiger partial charge in [-0.3, -0.25) is 9.69 Å². The monoisotopic (exact) mass is 281 g/mol. The first-order chi connectivity index (χ1) is 9.74. The summed E-state index contributed by atoms with van der Waals surface area (Å²) in [4.78, 5) is 14.9. The molecule has 0 aromatic rings. The van der Waals surface area contributed by atoms with Crippen molar-refractivity contribution in [1.29, 1.82) is 0 Å². The standard InChI is InChI=1S/C15H27N3O2/c19-11-15(5-6-15)10-17-14(20)13-2-1-9-18(13)12-3-7-16-8-4-12/h12-13,16,19H,1-11H2,(H,17,20). The Bertz CT molecular complexity index is 351. The van der Waals surface area contributed by atoms with Crippen molar-refractivity contribution in [2.75, 3.05) is 32.8 Å². The Kier molecular flexibility index (Phi) is 4.29. The lowest BCUT2D eigenvalue weighted by Gasteiger charge is -2.35. The second kappa shape index (κ2) is 6.00. The minimum atomic E-state index is 0.00779. The number of aliphatic hydroxyl groups excluding tert-OH is 1. The minimum absolute atomic E-state index is 0.00779. The number of likely N-dealkylation sites (tertiary alicyclic amines) is 1. The summed E-state index contributed by atoms with van der Waals surface area (Å²) in [6.07, 6.45) is 6.53. The van der Waals surface area contributed by atoms with Crippen molar-refractivity contribution >= 4 is 5.91 Å². The van der Waals surface area contributed by atoms with Gasteiger partial charge in [-0.05, 0) is 58.2 Å². The summed E-state index contributed by atoms with van der Waals surface area (Å²) in [5.41, 5.74) is 0.00779. The van der Waals surface area contributed by atoms with E-state index in [9.17, 15) is 9.90 Å². The van der Waals surface area contributed by atoms with E-state index in [1.54, 1.807) is 0 Å². The first-order valence-electron chi connectivity index (χ1n) is 8.09. The van der Waals surface area contributed by atoms with Gasteiger partial charge in [-0.25, -0.2) is 0 Å². The van der Waals surface area contributed by atoms with E-state index < -0.39 is 0 Å². The van der Waals surface area contributed by atoms with Gasteiger partial charge in [0.15, 0.2) is 0 Å². The summed E-state index contributed by atoms with van der Waals surface area (Å²) in [5.74, 6) is 0.181. The van der Waals surface area contributed by atoms with E-state index in [0.29, 0.717) is 12.6 Å². The second-order valence-corrected chi connectivity index (χ2v) is 6.75. The number of carbonyl (C=O) groups is 1. The molecular weight excluding hydrogens is 254 g/mol. The lowest BCUT2D eigenvalue weighted by Crippen LogP contribution is -2.51. The number of amides is 1. The SMILES string of the molecule is O=C(NCC1(CO)CC1)C1CCCN1C1CCNCC1. The van der Waals surface area contributed by atoms with Crippen LogP contribution in [0.3, 0.4) is 0 Å². The van der Waals surface area contributed by atoms with Crippen LogP contribution < -0.4 is 10.6 Å². The Balaban J connectivity index is 1.53. The van der Waals surface area contributed by atoms with Crippen LogP contribution in [0.1, 0.15) is 38.5 Å². The molecule has 3 aliphatic rings. The van der Waals surface area contributed by atoms with Gasteiger partial charge in [0.25, 0.3) is 0 Å². The van der Waals surface area contributed by atoms with E-state index in [-0.39, 0.29) is 24.0 Å². The summed E-state index contributed by atoms with van der Waals surface area (Å²) >= 11 is 0. The summed E-state index contributed by atoms with van der Waals surface area (Å²) in [5, 5.41) is 15.8. The number of carbonyl (C=O) groups excluding carboxylic acids is 1. The third-order valence-corrected chi connectivity index (χ3v) is 5.30. The molecule has 0 aromatic carbocycles. The fourth-order valence-corrected chi connectivity index (χ4v) is 3.61. The van der Waals surface area contributed by atoms with Gasteiger partial charge in [-0.2, -0.15) is 0 Å². The van der Waals surface area contributed by atoms with Gasteiger partial charge in [0.2, 0.25) is 5.91 Å². The highest BCUT2D eigenvalue weighted by Gasteiger charge is 2.43. The molecule has 0 aromatic heterocycles. The molecule has 2 heterocycles. The van der Waals surface area contributed by atoms with E-state index in [1.807, 2.05) is 0 Å². The number of piperidine rings is 1. The quantitative estimate of drug-likeness (QED) is 0.668. The van der Waals surface area contributed by atoms with E-state index in [2.05, 4.69) is 15.5 Å². The van der Waals surface area contributed by atoms with Crippen LogP contribution in [0.4, 0.5) is 0 Å². The van der Waals surface area contributed by atoms with Crippen LogP contribution in [-0.4, -0.2) is 60.8 Å². The van der Waals surface area contributed by atoms with E-state index in [0.717, 1.165) is 58.2 Å². The number of nitrogens with zero attached hydrogens (tertiary/aromatic N) is 1. The topological polar surface area (TPSA) is 64.6 Å². The summed E-state index contributed by atoms with van der Waals surface area (Å²) < 4.78 is 0. The Hall–Kier alpha value is -0.650. The first-order valence-corrected chi connectivity index (χ1v) is 8.09. The fraction of sp³-hybridized carbons (Fsp3) is 0.933. The molecule has 3 rings (SSSR count). The highest BCUT2D eigenvalue weighted by Crippen LogP contribution is 2.44. The van der Waals surface area contributed by atoms with Crippen LogP contribution in [0, 0.1) is 5.41 Å². The number of aliphatic hydroxyl groups is 1. The molecule has 5 nitrogen and oxygen atoms in total. The molecule has 2 aliphatic heterocycles. The molecule has 1 amide bonds. The van der Waals surface area contributed by atoms with Crippen molar-refractivity contribution in [2.24, 2.45) is 5.41 Å². The fourth-order valence-electron chi connectivity index (χ4n) is 3.61. The Labute approximate surface area is 121 Å². The molecule has 0 spiro atoms. The highest BCUT2D eigenvalue weighted by molar-refractivity contribution is 5.82. The van der Waals surface area contributed by atoms with Crippen molar-refractivity contribution in [2.45, 2.75) is 50.6 Å². The summed E-state index contributed by atoms with van der Waals surface area (Å²) in [7, 11) is 0. The summed E-state index contributed by atoms with van der Waals surface area (Å²) in [6, 6.07) is 0.634. The number of rotatable bonds is 5. The highest BCUT2D eigenvalue weighted by atomic mass is 16.3. The van der Waals surface area contributed by atoms with Crippen LogP contribution in [0.15, 0.2) is 0 Å². The number of nitrogens with one attached hydrogen (secondary N) is 2. The first kappa shape index (κ1) is 14.3. The van der Waals surface area contributed by atoms with Crippen molar-refractivity contribution in [1.82, 2.24) is 15.5 Å². The normalized spacial score (nSPS) is 30.4. The molecule has 5 heteroatoms. The maximum Gasteiger partial charge on any atom is 0.237 e. The average Bonchev–Trinajstić information content (AvgIpc) is 3.12. The second-order valence-electron chi connectivity index (χ2n) is 6.75. The zero-order valence-corrected chi connectivity index (χ0v) is 12.2. The lowest BCUT2D eigenvalue weighted by atomic mass is 10.0. The Morgan fingerprint density at radius 3 is 2.70 bits per heavy atom. The molecule has 20 heavy (non-hydrogen) atoms. The number of hydrogen-bond donors (Lipinski definition) is 3. The van der Waals surface area contributed by atoms with Crippen molar-refractivity contribution in [3.05, 3.63) is 0 Å². The van der Waals surface area contributed by atoms with Gasteiger partial charge >= 0.3 is 0 Å². The van der Waals surface area contributed by atoms with Crippen molar-refractivity contribution in [3.8, 4) is 0 Å². The molecule has 114 valence electrons. The zero-order chi connectivity index (χ0) is 14.0. The third kappa shape index (κ3) is 3.00. The van der Waals surface area contributed by atoms with Gasteiger partial charge in [0.05, 0.1) is 12.6 Å². The zero-order valence-electron chi connectivity index (χ0n) is 12.2. The largest absolute Gasteiger partial charge is 0.396 e. The van der Waals surface area contributed by atoms with E-state index >= 15 is 0 Å². The summed E-state index contributed by atoms with van der Waals surface area (Å²) in [6.45, 7) is 4.06. The van der Waals surface area contributed by atoms with Crippen LogP contribution in [-0.2, 0) is 4.79 Å². The maximum absolute atomic E-state index is 12.4. The van der Waals surface area contributed by atoms with Gasteiger partial charge < -0.3 is 15.7 Å². The van der Waals surface area contributed by atoms with Crippen LogP contribution in [0.2, 0.25) is 0 Å². The van der Waals surface area contributed by atoms with Crippen LogP contribution in [0.5, 0.6) is 0 Å². The average molecular weight is 281 g/mol. The molecular formula is C15H27N3O2.